The van der Waals surface area contributed by atoms with Crippen LogP contribution in [0.25, 0.3) is 0 Å². The highest BCUT2D eigenvalue weighted by molar-refractivity contribution is 6.21. The van der Waals surface area contributed by atoms with Crippen LogP contribution in [-0.2, 0) is 4.79 Å². The lowest BCUT2D eigenvalue weighted by Gasteiger charge is -2.02. The van der Waals surface area contributed by atoms with E-state index in [1.807, 2.05) is 0 Å². The zero-order chi connectivity index (χ0) is 6.73. The highest BCUT2D eigenvalue weighted by Crippen LogP contribution is 2.00. The fourth-order valence-corrected chi connectivity index (χ4v) is 0.216. The summed E-state index contributed by atoms with van der Waals surface area (Å²) in [6, 6.07) is -1.61. The molecular formula is C3H5ClFNO2. The van der Waals surface area contributed by atoms with Crippen LogP contribution in [0.2, 0.25) is 0 Å². The minimum Gasteiger partial charge on any atom is -0.480 e. The third-order valence-electron chi connectivity index (χ3n) is 0.557. The van der Waals surface area contributed by atoms with Gasteiger partial charge in [-0.15, -0.1) is 0 Å². The number of hydrogen-bond acceptors (Lipinski definition) is 2. The first-order chi connectivity index (χ1) is 3.55. The van der Waals surface area contributed by atoms with Gasteiger partial charge in [-0.2, -0.15) is 0 Å². The molecule has 8 heavy (non-hydrogen) atoms. The van der Waals surface area contributed by atoms with Crippen molar-refractivity contribution in [2.24, 2.45) is 5.73 Å². The van der Waals surface area contributed by atoms with Crippen molar-refractivity contribution in [2.45, 2.75) is 11.7 Å². The van der Waals surface area contributed by atoms with E-state index < -0.39 is 17.6 Å². The first-order valence-electron chi connectivity index (χ1n) is 1.82. The molecule has 0 aliphatic carbocycles. The topological polar surface area (TPSA) is 63.3 Å². The summed E-state index contributed by atoms with van der Waals surface area (Å²) in [6.45, 7) is 0. The van der Waals surface area contributed by atoms with Crippen LogP contribution >= 0.6 is 11.6 Å². The summed E-state index contributed by atoms with van der Waals surface area (Å²) < 4.78 is 11.6. The van der Waals surface area contributed by atoms with Crippen molar-refractivity contribution in [1.82, 2.24) is 0 Å². The van der Waals surface area contributed by atoms with Crippen molar-refractivity contribution in [1.29, 1.82) is 0 Å². The number of aliphatic carboxylic acids is 1. The van der Waals surface area contributed by atoms with Crippen molar-refractivity contribution in [2.75, 3.05) is 0 Å². The van der Waals surface area contributed by atoms with Crippen molar-refractivity contribution < 1.29 is 14.3 Å². The maximum atomic E-state index is 11.6. The molecule has 0 fully saturated rings. The summed E-state index contributed by atoms with van der Waals surface area (Å²) in [5.41, 5.74) is 2.65. The van der Waals surface area contributed by atoms with Gasteiger partial charge in [0.1, 0.15) is 6.04 Å². The lowest BCUT2D eigenvalue weighted by molar-refractivity contribution is -0.139. The lowest BCUT2D eigenvalue weighted by Crippen LogP contribution is -2.36. The Bertz CT molecular complexity index is 97.3. The molecule has 3 nitrogen and oxygen atoms in total. The fourth-order valence-electron chi connectivity index (χ4n) is 0.108. The van der Waals surface area contributed by atoms with Gasteiger partial charge < -0.3 is 10.8 Å². The first kappa shape index (κ1) is 7.65. The average molecular weight is 142 g/mol. The number of nitrogens with two attached hydrogens (primary N) is 1. The molecule has 1 unspecified atom stereocenters. The molecule has 0 heterocycles. The van der Waals surface area contributed by atoms with Crippen molar-refractivity contribution in [3.05, 3.63) is 0 Å². The van der Waals surface area contributed by atoms with Gasteiger partial charge in [-0.25, -0.2) is 4.39 Å². The summed E-state index contributed by atoms with van der Waals surface area (Å²) in [6.07, 6.45) is 0. The smallest absolute Gasteiger partial charge is 0.324 e. The van der Waals surface area contributed by atoms with Crippen LogP contribution < -0.4 is 5.73 Å². The number of carbonyl (C=O) groups is 1. The molecule has 0 aromatic carbocycles. The fraction of sp³-hybridized carbons (Fsp3) is 0.667. The van der Waals surface area contributed by atoms with E-state index in [1.54, 1.807) is 0 Å². The summed E-state index contributed by atoms with van der Waals surface area (Å²) in [5, 5.41) is 7.90. The van der Waals surface area contributed by atoms with E-state index in [9.17, 15) is 9.18 Å². The molecule has 48 valence electrons. The van der Waals surface area contributed by atoms with E-state index in [-0.39, 0.29) is 0 Å². The van der Waals surface area contributed by atoms with Gasteiger partial charge >= 0.3 is 5.97 Å². The van der Waals surface area contributed by atoms with Crippen LogP contribution in [0.5, 0.6) is 0 Å². The van der Waals surface area contributed by atoms with Crippen LogP contribution in [0, 0.1) is 0 Å². The van der Waals surface area contributed by atoms with Crippen LogP contribution in [0.1, 0.15) is 0 Å². The molecule has 0 saturated heterocycles. The molecule has 0 radical (unpaired) electrons. The van der Waals surface area contributed by atoms with Crippen molar-refractivity contribution in [3.8, 4) is 0 Å². The third-order valence-corrected chi connectivity index (χ3v) is 0.828. The standard InChI is InChI=1S/C3H5ClFNO2/c4-2(5)1(6)3(7)8/h1-2H,6H2,(H,7,8)/t1-,2?/m0/s1. The Labute approximate surface area is 50.2 Å². The number of hydrogen-bond donors (Lipinski definition) is 2. The average Bonchev–Trinajstić information content (AvgIpc) is 1.64. The Kier molecular flexibility index (Phi) is 2.71. The summed E-state index contributed by atoms with van der Waals surface area (Å²) in [4.78, 5) is 9.69. The molecule has 0 saturated carbocycles. The Morgan fingerprint density at radius 1 is 1.88 bits per heavy atom. The monoisotopic (exact) mass is 141 g/mol. The second-order valence-corrected chi connectivity index (χ2v) is 1.62. The van der Waals surface area contributed by atoms with Gasteiger partial charge in [0.15, 0.2) is 5.63 Å². The molecule has 0 bridgehead atoms. The molecule has 0 aromatic rings. The summed E-state index contributed by atoms with van der Waals surface area (Å²) in [5.74, 6) is -1.44. The molecule has 0 rings (SSSR count). The molecule has 0 aliphatic heterocycles. The normalized spacial score (nSPS) is 17.4. The zero-order valence-corrected chi connectivity index (χ0v) is 4.60. The van der Waals surface area contributed by atoms with E-state index >= 15 is 0 Å². The van der Waals surface area contributed by atoms with E-state index in [4.69, 9.17) is 5.11 Å². The zero-order valence-electron chi connectivity index (χ0n) is 3.84. The second kappa shape index (κ2) is 2.84. The number of carboxylic acid groups (broad SMARTS) is 1. The number of halogens is 2. The van der Waals surface area contributed by atoms with Gasteiger partial charge in [0.25, 0.3) is 0 Å². The highest BCUT2D eigenvalue weighted by Gasteiger charge is 2.20. The van der Waals surface area contributed by atoms with Gasteiger partial charge in [0.2, 0.25) is 0 Å². The predicted molar refractivity (Wildman–Crippen MR) is 26.4 cm³/mol. The highest BCUT2D eigenvalue weighted by atomic mass is 35.5. The molecule has 0 aromatic heterocycles. The van der Waals surface area contributed by atoms with Crippen molar-refractivity contribution >= 4 is 17.6 Å². The van der Waals surface area contributed by atoms with E-state index in [0.717, 1.165) is 0 Å². The molecular weight excluding hydrogens is 136 g/mol. The number of alkyl halides is 2. The summed E-state index contributed by atoms with van der Waals surface area (Å²) in [7, 11) is 0. The molecule has 0 spiro atoms. The Morgan fingerprint density at radius 3 is 2.25 bits per heavy atom. The molecule has 5 heteroatoms. The molecule has 2 atom stereocenters. The quantitative estimate of drug-likeness (QED) is 0.530. The van der Waals surface area contributed by atoms with Crippen LogP contribution in [0.15, 0.2) is 0 Å². The minimum atomic E-state index is -2.01. The van der Waals surface area contributed by atoms with Crippen LogP contribution in [-0.4, -0.2) is 22.7 Å². The molecule has 0 amide bonds. The van der Waals surface area contributed by atoms with E-state index in [0.29, 0.717) is 0 Å². The van der Waals surface area contributed by atoms with Crippen LogP contribution in [0.3, 0.4) is 0 Å². The number of rotatable bonds is 2. The van der Waals surface area contributed by atoms with Gasteiger partial charge in [-0.05, 0) is 0 Å². The van der Waals surface area contributed by atoms with Crippen LogP contribution in [0.4, 0.5) is 4.39 Å². The Morgan fingerprint density at radius 2 is 2.25 bits per heavy atom. The SMILES string of the molecule is N[C@H](C(=O)O)C(F)Cl. The predicted octanol–water partition coefficient (Wildman–Crippen LogP) is -0.0673. The Hall–Kier alpha value is -0.350. The van der Waals surface area contributed by atoms with Crippen molar-refractivity contribution in [3.63, 3.8) is 0 Å². The van der Waals surface area contributed by atoms with Gasteiger partial charge in [-0.1, -0.05) is 11.6 Å². The van der Waals surface area contributed by atoms with E-state index in [1.165, 1.54) is 0 Å². The molecule has 0 aliphatic rings. The van der Waals surface area contributed by atoms with Gasteiger partial charge in [0, 0.05) is 0 Å². The lowest BCUT2D eigenvalue weighted by atomic mass is 10.4. The van der Waals surface area contributed by atoms with Gasteiger partial charge in [0.05, 0.1) is 0 Å². The maximum absolute atomic E-state index is 11.6. The third kappa shape index (κ3) is 2.09. The molecule has 3 N–H and O–H groups in total. The first-order valence-corrected chi connectivity index (χ1v) is 2.26. The minimum absolute atomic E-state index is 1.44. The number of carboxylic acids is 1. The van der Waals surface area contributed by atoms with Gasteiger partial charge in [-0.3, -0.25) is 4.79 Å². The largest absolute Gasteiger partial charge is 0.480 e. The second-order valence-electron chi connectivity index (χ2n) is 1.20. The van der Waals surface area contributed by atoms with E-state index in [2.05, 4.69) is 17.3 Å². The Balaban J connectivity index is 3.64. The summed E-state index contributed by atoms with van der Waals surface area (Å²) >= 11 is 4.65. The maximum Gasteiger partial charge on any atom is 0.324 e.